The first kappa shape index (κ1) is 25.8. The van der Waals surface area contributed by atoms with Crippen molar-refractivity contribution in [2.45, 2.75) is 15.2 Å². The molecule has 2 aliphatic rings. The van der Waals surface area contributed by atoms with Crippen LogP contribution in [-0.4, -0.2) is 0 Å². The van der Waals surface area contributed by atoms with Crippen molar-refractivity contribution >= 4 is 45.1 Å². The normalized spacial score (nSPS) is 13.7. The molecule has 0 bridgehead atoms. The van der Waals surface area contributed by atoms with Gasteiger partial charge in [0.2, 0.25) is 0 Å². The molecule has 0 atom stereocenters. The Hall–Kier alpha value is -5.51. The molecule has 0 amide bonds. The predicted octanol–water partition coefficient (Wildman–Crippen LogP) is 11.8. The van der Waals surface area contributed by atoms with E-state index in [-0.39, 0.29) is 0 Å². The SMILES string of the molecule is c1ccc(-c2ccc(Nc3cccc4c3-c3ccccc3C43c4ccccc4Sc4ccccc43)c3oc4ccccc4c23)cc1. The molecule has 0 saturated carbocycles. The Bertz CT molecular complexity index is 2450. The van der Waals surface area contributed by atoms with E-state index in [1.54, 1.807) is 0 Å². The third-order valence-corrected chi connectivity index (χ3v) is 10.9. The summed E-state index contributed by atoms with van der Waals surface area (Å²) in [4.78, 5) is 2.62. The maximum atomic E-state index is 6.64. The summed E-state index contributed by atoms with van der Waals surface area (Å²) in [6.45, 7) is 0. The van der Waals surface area contributed by atoms with Crippen molar-refractivity contribution in [2.75, 3.05) is 5.32 Å². The summed E-state index contributed by atoms with van der Waals surface area (Å²) < 4.78 is 6.64. The molecule has 1 aliphatic carbocycles. The first-order valence-corrected chi connectivity index (χ1v) is 16.5. The van der Waals surface area contributed by atoms with E-state index in [0.717, 1.165) is 33.3 Å². The molecule has 8 aromatic rings. The van der Waals surface area contributed by atoms with Crippen molar-refractivity contribution in [1.29, 1.82) is 0 Å². The monoisotopic (exact) mass is 605 g/mol. The van der Waals surface area contributed by atoms with Crippen molar-refractivity contribution in [3.63, 3.8) is 0 Å². The van der Waals surface area contributed by atoms with Crippen LogP contribution >= 0.6 is 11.8 Å². The lowest BCUT2D eigenvalue weighted by atomic mass is 9.67. The van der Waals surface area contributed by atoms with Gasteiger partial charge in [0.25, 0.3) is 0 Å². The molecule has 2 nitrogen and oxygen atoms in total. The molecule has 1 N–H and O–H groups in total. The van der Waals surface area contributed by atoms with Crippen LogP contribution in [0.1, 0.15) is 22.3 Å². The summed E-state index contributed by atoms with van der Waals surface area (Å²) in [5, 5.41) is 6.15. The molecule has 0 unspecified atom stereocenters. The second-order valence-electron chi connectivity index (χ2n) is 12.1. The summed E-state index contributed by atoms with van der Waals surface area (Å²) >= 11 is 1.87. The Labute approximate surface area is 271 Å². The molecule has 0 fully saturated rings. The molecule has 2 heterocycles. The largest absolute Gasteiger partial charge is 0.454 e. The van der Waals surface area contributed by atoms with Gasteiger partial charge in [0.15, 0.2) is 5.58 Å². The van der Waals surface area contributed by atoms with Crippen LogP contribution in [0.4, 0.5) is 11.4 Å². The van der Waals surface area contributed by atoms with Crippen LogP contribution in [0.5, 0.6) is 0 Å². The Morgan fingerprint density at radius 2 is 1.13 bits per heavy atom. The summed E-state index contributed by atoms with van der Waals surface area (Å²) in [6, 6.07) is 56.9. The molecule has 0 radical (unpaired) electrons. The second kappa shape index (κ2) is 9.74. The third kappa shape index (κ3) is 3.44. The first-order valence-electron chi connectivity index (χ1n) is 15.7. The molecule has 1 spiro atoms. The van der Waals surface area contributed by atoms with Gasteiger partial charge in [-0.15, -0.1) is 0 Å². The van der Waals surface area contributed by atoms with Crippen molar-refractivity contribution in [1.82, 2.24) is 0 Å². The minimum absolute atomic E-state index is 0.409. The zero-order valence-corrected chi connectivity index (χ0v) is 25.6. The average molecular weight is 606 g/mol. The van der Waals surface area contributed by atoms with Crippen LogP contribution in [0.15, 0.2) is 172 Å². The van der Waals surface area contributed by atoms with Crippen LogP contribution < -0.4 is 5.32 Å². The fraction of sp³-hybridized carbons (Fsp3) is 0.0233. The average Bonchev–Trinajstić information content (AvgIpc) is 3.65. The standard InChI is InChI=1S/C43H27NOS/c1-2-13-27(14-3-1)28-25-26-36(42-40(28)30-16-5-9-22-37(30)45-42)44-35-21-12-20-34-41(35)29-15-4-6-17-31(29)43(34)32-18-7-10-23-38(32)46-39-24-11-8-19-33(39)43/h1-26,44H. The summed E-state index contributed by atoms with van der Waals surface area (Å²) in [5.41, 5.74) is 13.5. The predicted molar refractivity (Wildman–Crippen MR) is 190 cm³/mol. The smallest absolute Gasteiger partial charge is 0.159 e. The van der Waals surface area contributed by atoms with Crippen molar-refractivity contribution in [2.24, 2.45) is 0 Å². The summed E-state index contributed by atoms with van der Waals surface area (Å²) in [5.74, 6) is 0. The van der Waals surface area contributed by atoms with E-state index in [2.05, 4.69) is 157 Å². The highest BCUT2D eigenvalue weighted by molar-refractivity contribution is 7.99. The molecule has 10 rings (SSSR count). The molecular formula is C43H27NOS. The lowest BCUT2D eigenvalue weighted by Crippen LogP contribution is -2.31. The van der Waals surface area contributed by atoms with E-state index >= 15 is 0 Å². The fourth-order valence-electron chi connectivity index (χ4n) is 7.94. The summed E-state index contributed by atoms with van der Waals surface area (Å²) in [6.07, 6.45) is 0. The number of furan rings is 1. The van der Waals surface area contributed by atoms with Crippen molar-refractivity contribution in [3.8, 4) is 22.3 Å². The van der Waals surface area contributed by atoms with Gasteiger partial charge in [0.1, 0.15) is 5.58 Å². The number of para-hydroxylation sites is 1. The van der Waals surface area contributed by atoms with Crippen LogP contribution in [0.2, 0.25) is 0 Å². The van der Waals surface area contributed by atoms with Crippen LogP contribution in [0.3, 0.4) is 0 Å². The molecular weight excluding hydrogens is 579 g/mol. The van der Waals surface area contributed by atoms with E-state index in [1.807, 2.05) is 17.8 Å². The van der Waals surface area contributed by atoms with E-state index in [0.29, 0.717) is 0 Å². The minimum Gasteiger partial charge on any atom is -0.454 e. The minimum atomic E-state index is -0.409. The van der Waals surface area contributed by atoms with Gasteiger partial charge in [-0.1, -0.05) is 139 Å². The zero-order valence-electron chi connectivity index (χ0n) is 24.8. The highest BCUT2D eigenvalue weighted by Crippen LogP contribution is 2.63. The third-order valence-electron chi connectivity index (χ3n) is 9.75. The maximum Gasteiger partial charge on any atom is 0.159 e. The van der Waals surface area contributed by atoms with Crippen molar-refractivity contribution < 1.29 is 4.42 Å². The van der Waals surface area contributed by atoms with E-state index < -0.39 is 5.41 Å². The molecule has 7 aromatic carbocycles. The van der Waals surface area contributed by atoms with Gasteiger partial charge in [-0.25, -0.2) is 0 Å². The number of rotatable bonds is 3. The summed E-state index contributed by atoms with van der Waals surface area (Å²) in [7, 11) is 0. The molecule has 216 valence electrons. The zero-order chi connectivity index (χ0) is 30.2. The Kier molecular flexibility index (Phi) is 5.46. The lowest BCUT2D eigenvalue weighted by Gasteiger charge is -2.39. The molecule has 1 aliphatic heterocycles. The van der Waals surface area contributed by atoms with Gasteiger partial charge in [0.05, 0.1) is 11.1 Å². The Morgan fingerprint density at radius 3 is 1.93 bits per heavy atom. The number of benzene rings is 7. The van der Waals surface area contributed by atoms with E-state index in [9.17, 15) is 0 Å². The second-order valence-corrected chi connectivity index (χ2v) is 13.2. The quantitative estimate of drug-likeness (QED) is 0.217. The number of fused-ring (bicyclic) bond motifs is 12. The van der Waals surface area contributed by atoms with Crippen molar-refractivity contribution in [3.05, 3.63) is 180 Å². The van der Waals surface area contributed by atoms with Gasteiger partial charge in [-0.05, 0) is 69.3 Å². The van der Waals surface area contributed by atoms with Gasteiger partial charge in [0, 0.05) is 31.8 Å². The number of anilines is 2. The van der Waals surface area contributed by atoms with Gasteiger partial charge >= 0.3 is 0 Å². The van der Waals surface area contributed by atoms with Gasteiger partial charge < -0.3 is 9.73 Å². The van der Waals surface area contributed by atoms with Crippen LogP contribution in [0, 0.1) is 0 Å². The topological polar surface area (TPSA) is 25.2 Å². The van der Waals surface area contributed by atoms with Crippen LogP contribution in [0.25, 0.3) is 44.2 Å². The Morgan fingerprint density at radius 1 is 0.478 bits per heavy atom. The number of nitrogens with one attached hydrogen (secondary N) is 1. The molecule has 0 saturated heterocycles. The molecule has 1 aromatic heterocycles. The lowest BCUT2D eigenvalue weighted by molar-refractivity contribution is 0.670. The number of hydrogen-bond donors (Lipinski definition) is 1. The maximum absolute atomic E-state index is 6.64. The number of hydrogen-bond acceptors (Lipinski definition) is 3. The van der Waals surface area contributed by atoms with E-state index in [1.165, 1.54) is 54.3 Å². The highest BCUT2D eigenvalue weighted by atomic mass is 32.2. The molecule has 46 heavy (non-hydrogen) atoms. The highest BCUT2D eigenvalue weighted by Gasteiger charge is 2.50. The fourth-order valence-corrected chi connectivity index (χ4v) is 9.13. The van der Waals surface area contributed by atoms with E-state index in [4.69, 9.17) is 4.42 Å². The Balaban J connectivity index is 1.23. The van der Waals surface area contributed by atoms with Gasteiger partial charge in [-0.3, -0.25) is 0 Å². The first-order chi connectivity index (χ1) is 22.8. The molecule has 3 heteroatoms. The van der Waals surface area contributed by atoms with Crippen LogP contribution in [-0.2, 0) is 5.41 Å². The van der Waals surface area contributed by atoms with Gasteiger partial charge in [-0.2, -0.15) is 0 Å².